The summed E-state index contributed by atoms with van der Waals surface area (Å²) in [6.07, 6.45) is 8.60. The molecular weight excluding hydrogens is 196 g/mol. The van der Waals surface area contributed by atoms with E-state index >= 15 is 0 Å². The minimum absolute atomic E-state index is 1.01. The van der Waals surface area contributed by atoms with Crippen LogP contribution >= 0.6 is 0 Å². The highest BCUT2D eigenvalue weighted by atomic mass is 15.1. The van der Waals surface area contributed by atoms with Crippen LogP contribution in [0.2, 0.25) is 0 Å². The van der Waals surface area contributed by atoms with Gasteiger partial charge in [0.05, 0.1) is 0 Å². The van der Waals surface area contributed by atoms with Crippen molar-refractivity contribution in [2.75, 3.05) is 32.7 Å². The molecule has 0 spiro atoms. The van der Waals surface area contributed by atoms with Crippen molar-refractivity contribution in [1.29, 1.82) is 0 Å². The van der Waals surface area contributed by atoms with Gasteiger partial charge in [-0.15, -0.1) is 0 Å². The SMILES string of the molecule is C1CCN(CCC2CCNCC2)CC1.CC. The van der Waals surface area contributed by atoms with Crippen molar-refractivity contribution in [2.24, 2.45) is 5.92 Å². The summed E-state index contributed by atoms with van der Waals surface area (Å²) in [6, 6.07) is 0. The molecule has 2 saturated heterocycles. The fourth-order valence-electron chi connectivity index (χ4n) is 2.72. The Bertz CT molecular complexity index is 129. The van der Waals surface area contributed by atoms with Gasteiger partial charge in [-0.05, 0) is 70.7 Å². The van der Waals surface area contributed by atoms with Crippen molar-refractivity contribution in [3.8, 4) is 0 Å². The van der Waals surface area contributed by atoms with Crippen LogP contribution in [-0.4, -0.2) is 37.6 Å². The molecule has 0 bridgehead atoms. The molecular formula is C14H30N2. The first-order valence-electron chi connectivity index (χ1n) is 7.38. The van der Waals surface area contributed by atoms with E-state index in [4.69, 9.17) is 0 Å². The van der Waals surface area contributed by atoms with Gasteiger partial charge in [-0.3, -0.25) is 0 Å². The number of hydrogen-bond acceptors (Lipinski definition) is 2. The molecule has 2 nitrogen and oxygen atoms in total. The molecule has 0 aromatic heterocycles. The summed E-state index contributed by atoms with van der Waals surface area (Å²) in [5, 5.41) is 3.44. The summed E-state index contributed by atoms with van der Waals surface area (Å²) in [7, 11) is 0. The van der Waals surface area contributed by atoms with Crippen LogP contribution < -0.4 is 5.32 Å². The molecule has 0 aromatic carbocycles. The fourth-order valence-corrected chi connectivity index (χ4v) is 2.72. The third kappa shape index (κ3) is 5.31. The highest BCUT2D eigenvalue weighted by molar-refractivity contribution is 4.71. The van der Waals surface area contributed by atoms with E-state index in [1.165, 1.54) is 71.2 Å². The van der Waals surface area contributed by atoms with Crippen LogP contribution in [0.25, 0.3) is 0 Å². The van der Waals surface area contributed by atoms with E-state index in [0.29, 0.717) is 0 Å². The lowest BCUT2D eigenvalue weighted by Crippen LogP contribution is -2.34. The van der Waals surface area contributed by atoms with Gasteiger partial charge in [-0.1, -0.05) is 20.3 Å². The largest absolute Gasteiger partial charge is 0.317 e. The van der Waals surface area contributed by atoms with Crippen molar-refractivity contribution in [3.05, 3.63) is 0 Å². The molecule has 96 valence electrons. The smallest absolute Gasteiger partial charge is 0.00161 e. The number of likely N-dealkylation sites (tertiary alicyclic amines) is 1. The van der Waals surface area contributed by atoms with Crippen molar-refractivity contribution < 1.29 is 0 Å². The molecule has 2 heteroatoms. The zero-order chi connectivity index (χ0) is 11.6. The first-order valence-corrected chi connectivity index (χ1v) is 7.38. The van der Waals surface area contributed by atoms with Gasteiger partial charge in [-0.25, -0.2) is 0 Å². The lowest BCUT2D eigenvalue weighted by molar-refractivity contribution is 0.203. The predicted octanol–water partition coefficient (Wildman–Crippen LogP) is 2.89. The van der Waals surface area contributed by atoms with Crippen LogP contribution in [0, 0.1) is 5.92 Å². The molecule has 2 aliphatic rings. The van der Waals surface area contributed by atoms with Crippen molar-refractivity contribution in [2.45, 2.75) is 52.4 Å². The molecule has 0 radical (unpaired) electrons. The van der Waals surface area contributed by atoms with E-state index in [-0.39, 0.29) is 0 Å². The number of nitrogens with one attached hydrogen (secondary N) is 1. The Morgan fingerprint density at radius 1 is 1.00 bits per heavy atom. The Balaban J connectivity index is 0.000000606. The minimum Gasteiger partial charge on any atom is -0.317 e. The second kappa shape index (κ2) is 9.00. The summed E-state index contributed by atoms with van der Waals surface area (Å²) in [4.78, 5) is 2.67. The first-order chi connectivity index (χ1) is 7.95. The summed E-state index contributed by atoms with van der Waals surface area (Å²) < 4.78 is 0. The maximum Gasteiger partial charge on any atom is -0.00161 e. The first kappa shape index (κ1) is 14.0. The van der Waals surface area contributed by atoms with Crippen molar-refractivity contribution in [1.82, 2.24) is 10.2 Å². The second-order valence-electron chi connectivity index (χ2n) is 4.88. The predicted molar refractivity (Wildman–Crippen MR) is 71.8 cm³/mol. The van der Waals surface area contributed by atoms with Gasteiger partial charge < -0.3 is 10.2 Å². The number of rotatable bonds is 3. The van der Waals surface area contributed by atoms with Crippen LogP contribution in [0.1, 0.15) is 52.4 Å². The highest BCUT2D eigenvalue weighted by Crippen LogP contribution is 2.17. The van der Waals surface area contributed by atoms with E-state index in [1.54, 1.807) is 0 Å². The van der Waals surface area contributed by atoms with Crippen molar-refractivity contribution >= 4 is 0 Å². The topological polar surface area (TPSA) is 15.3 Å². The molecule has 2 fully saturated rings. The van der Waals surface area contributed by atoms with Gasteiger partial charge in [0.2, 0.25) is 0 Å². The standard InChI is InChI=1S/C12H24N2.C2H6/c1-2-9-14(10-3-1)11-6-12-4-7-13-8-5-12;1-2/h12-13H,1-11H2;1-2H3. The molecule has 0 amide bonds. The maximum atomic E-state index is 3.44. The molecule has 0 saturated carbocycles. The molecule has 2 rings (SSSR count). The normalized spacial score (nSPS) is 23.6. The van der Waals surface area contributed by atoms with Crippen LogP contribution in [0.5, 0.6) is 0 Å². The molecule has 0 atom stereocenters. The van der Waals surface area contributed by atoms with Gasteiger partial charge in [0.15, 0.2) is 0 Å². The van der Waals surface area contributed by atoms with E-state index < -0.39 is 0 Å². The Morgan fingerprint density at radius 3 is 2.25 bits per heavy atom. The molecule has 0 unspecified atom stereocenters. The van der Waals surface area contributed by atoms with Crippen molar-refractivity contribution in [3.63, 3.8) is 0 Å². The quantitative estimate of drug-likeness (QED) is 0.796. The number of nitrogens with zero attached hydrogens (tertiary/aromatic N) is 1. The minimum atomic E-state index is 1.01. The summed E-state index contributed by atoms with van der Waals surface area (Å²) >= 11 is 0. The van der Waals surface area contributed by atoms with Gasteiger partial charge in [-0.2, -0.15) is 0 Å². The summed E-state index contributed by atoms with van der Waals surface area (Å²) in [5.74, 6) is 1.01. The molecule has 0 aliphatic carbocycles. The Morgan fingerprint density at radius 2 is 1.62 bits per heavy atom. The monoisotopic (exact) mass is 226 g/mol. The van der Waals surface area contributed by atoms with Gasteiger partial charge in [0.1, 0.15) is 0 Å². The molecule has 16 heavy (non-hydrogen) atoms. The Kier molecular flexibility index (Phi) is 7.87. The number of hydrogen-bond donors (Lipinski definition) is 1. The van der Waals surface area contributed by atoms with Gasteiger partial charge >= 0.3 is 0 Å². The van der Waals surface area contributed by atoms with Gasteiger partial charge in [0.25, 0.3) is 0 Å². The number of piperidine rings is 2. The Labute approximate surface area is 102 Å². The molecule has 1 N–H and O–H groups in total. The lowest BCUT2D eigenvalue weighted by atomic mass is 9.94. The molecule has 0 aromatic rings. The Hall–Kier alpha value is -0.0800. The third-order valence-electron chi connectivity index (χ3n) is 3.76. The fraction of sp³-hybridized carbons (Fsp3) is 1.00. The van der Waals surface area contributed by atoms with E-state index in [2.05, 4.69) is 10.2 Å². The maximum absolute atomic E-state index is 3.44. The highest BCUT2D eigenvalue weighted by Gasteiger charge is 2.15. The third-order valence-corrected chi connectivity index (χ3v) is 3.76. The van der Waals surface area contributed by atoms with E-state index in [9.17, 15) is 0 Å². The lowest BCUT2D eigenvalue weighted by Gasteiger charge is -2.29. The zero-order valence-corrected chi connectivity index (χ0v) is 11.3. The molecule has 2 aliphatic heterocycles. The average Bonchev–Trinajstić information content (AvgIpc) is 2.41. The second-order valence-corrected chi connectivity index (χ2v) is 4.88. The zero-order valence-electron chi connectivity index (χ0n) is 11.3. The van der Waals surface area contributed by atoms with E-state index in [1.807, 2.05) is 13.8 Å². The van der Waals surface area contributed by atoms with Crippen LogP contribution in [0.3, 0.4) is 0 Å². The average molecular weight is 226 g/mol. The van der Waals surface area contributed by atoms with Crippen LogP contribution in [0.4, 0.5) is 0 Å². The van der Waals surface area contributed by atoms with E-state index in [0.717, 1.165) is 5.92 Å². The summed E-state index contributed by atoms with van der Waals surface area (Å²) in [5.41, 5.74) is 0. The summed E-state index contributed by atoms with van der Waals surface area (Å²) in [6.45, 7) is 10.6. The van der Waals surface area contributed by atoms with Crippen LogP contribution in [0.15, 0.2) is 0 Å². The molecule has 2 heterocycles. The van der Waals surface area contributed by atoms with Gasteiger partial charge in [0, 0.05) is 0 Å². The van der Waals surface area contributed by atoms with Crippen LogP contribution in [-0.2, 0) is 0 Å².